The number of nitrogens with zero attached hydrogens (tertiary/aromatic N) is 2. The molecule has 72 heavy (non-hydrogen) atoms. The number of amides is 4. The van der Waals surface area contributed by atoms with E-state index in [0.717, 1.165) is 11.1 Å². The summed E-state index contributed by atoms with van der Waals surface area (Å²) in [4.78, 5) is 80.6. The van der Waals surface area contributed by atoms with Gasteiger partial charge in [0.05, 0.1) is 49.7 Å². The number of cyclic esters (lactones) is 1. The molecule has 6 unspecified atom stereocenters. The van der Waals surface area contributed by atoms with Gasteiger partial charge in [-0.2, -0.15) is 0 Å². The molecule has 0 saturated carbocycles. The maximum atomic E-state index is 14.0. The lowest BCUT2D eigenvalue weighted by Crippen LogP contribution is -2.62. The molecule has 6 atom stereocenters. The largest absolute Gasteiger partial charge is 0.495 e. The molecule has 2 fully saturated rings. The second-order valence-corrected chi connectivity index (χ2v) is 22.9. The minimum absolute atomic E-state index is 0.117. The number of esters is 2. The first-order valence-electron chi connectivity index (χ1n) is 24.4. The Balaban J connectivity index is 1.56. The van der Waals surface area contributed by atoms with Crippen LogP contribution in [0.15, 0.2) is 35.9 Å². The highest BCUT2D eigenvalue weighted by Gasteiger charge is 2.51. The van der Waals surface area contributed by atoms with Gasteiger partial charge < -0.3 is 53.4 Å². The van der Waals surface area contributed by atoms with E-state index in [1.165, 1.54) is 49.9 Å². The highest BCUT2D eigenvalue weighted by molar-refractivity contribution is 8.01. The quantitative estimate of drug-likeness (QED) is 0.0316. The monoisotopic (exact) mass is 1050 g/mol. The summed E-state index contributed by atoms with van der Waals surface area (Å²) in [6.45, 7) is 19.5. The maximum absolute atomic E-state index is 14.0. The summed E-state index contributed by atoms with van der Waals surface area (Å²) in [5.41, 5.74) is -1.70. The van der Waals surface area contributed by atoms with Crippen molar-refractivity contribution in [3.63, 3.8) is 0 Å². The van der Waals surface area contributed by atoms with Crippen molar-refractivity contribution in [2.45, 2.75) is 167 Å². The van der Waals surface area contributed by atoms with Gasteiger partial charge in [0.15, 0.2) is 5.72 Å². The molecule has 2 heterocycles. The van der Waals surface area contributed by atoms with Crippen LogP contribution < -0.4 is 20.3 Å². The van der Waals surface area contributed by atoms with E-state index in [4.69, 9.17) is 44.8 Å². The normalized spacial score (nSPS) is 20.7. The number of thioether (sulfide) groups is 1. The van der Waals surface area contributed by atoms with Gasteiger partial charge in [-0.1, -0.05) is 56.2 Å². The standard InChI is InChI=1S/C52H81ClN4O14S/c1-16-36-30-52(64,55-47(63)70-36)39(66-14)19-17-18-33(2)26-35-27-37(44(53)38(28-35)65-13)57(12)43(60)29-40(51(10)32-69-51)71-45(61)34(3)56(11)42(59)20-21-50(8,9)72-31-41(58)54-24-22-49(6,7)68-25-23-48(4,5)46(62)67-15/h17-19,27-28,34,36,39-40,64H,16,20-26,29-32H2,1-15H3,(H,54,58)(H,55,63). The molecule has 0 aromatic heterocycles. The molecule has 20 heteroatoms. The van der Waals surface area contributed by atoms with Crippen molar-refractivity contribution in [3.8, 4) is 5.75 Å². The summed E-state index contributed by atoms with van der Waals surface area (Å²) in [5, 5.41) is 16.8. The number of likely N-dealkylation sites (N-methyl/N-ethyl adjacent to an activating group) is 1. The number of benzene rings is 1. The number of hydrogen-bond acceptors (Lipinski definition) is 15. The van der Waals surface area contributed by atoms with Crippen LogP contribution >= 0.6 is 23.4 Å². The number of alkyl carbamates (subject to hydrolysis) is 1. The van der Waals surface area contributed by atoms with Crippen molar-refractivity contribution in [3.05, 3.63) is 46.5 Å². The number of ether oxygens (including phenoxy) is 7. The van der Waals surface area contributed by atoms with Gasteiger partial charge >= 0.3 is 18.0 Å². The molecule has 0 bridgehead atoms. The van der Waals surface area contributed by atoms with Crippen LogP contribution in [-0.2, 0) is 58.8 Å². The molecule has 1 aromatic carbocycles. The molecule has 2 aliphatic heterocycles. The Morgan fingerprint density at radius 2 is 1.72 bits per heavy atom. The van der Waals surface area contributed by atoms with Crippen molar-refractivity contribution in [2.75, 3.05) is 65.8 Å². The summed E-state index contributed by atoms with van der Waals surface area (Å²) in [5.74, 6) is -1.29. The fourth-order valence-corrected chi connectivity index (χ4v) is 8.89. The van der Waals surface area contributed by atoms with Gasteiger partial charge in [-0.05, 0) is 98.3 Å². The highest BCUT2D eigenvalue weighted by Crippen LogP contribution is 2.39. The molecule has 406 valence electrons. The average Bonchev–Trinajstić information content (AvgIpc) is 4.07. The van der Waals surface area contributed by atoms with Crippen molar-refractivity contribution in [1.82, 2.24) is 15.5 Å². The Bertz CT molecular complexity index is 2130. The van der Waals surface area contributed by atoms with Crippen LogP contribution in [0.1, 0.15) is 120 Å². The molecule has 3 N–H and O–H groups in total. The Hall–Kier alpha value is -4.40. The molecule has 0 spiro atoms. The van der Waals surface area contributed by atoms with Crippen LogP contribution in [0.25, 0.3) is 0 Å². The number of allylic oxidation sites excluding steroid dienone is 3. The first-order valence-corrected chi connectivity index (χ1v) is 25.8. The second-order valence-electron chi connectivity index (χ2n) is 20.8. The molecule has 4 amide bonds. The lowest BCUT2D eigenvalue weighted by molar-refractivity contribution is -0.162. The van der Waals surface area contributed by atoms with Crippen molar-refractivity contribution in [1.29, 1.82) is 0 Å². The predicted molar refractivity (Wildman–Crippen MR) is 277 cm³/mol. The van der Waals surface area contributed by atoms with Crippen LogP contribution in [0.5, 0.6) is 5.75 Å². The van der Waals surface area contributed by atoms with Gasteiger partial charge in [-0.3, -0.25) is 24.5 Å². The second kappa shape index (κ2) is 26.7. The minimum atomic E-state index is -1.65. The van der Waals surface area contributed by atoms with Crippen molar-refractivity contribution < 1.29 is 67.0 Å². The number of anilines is 1. The molecule has 18 nitrogen and oxygen atoms in total. The first-order chi connectivity index (χ1) is 33.5. The van der Waals surface area contributed by atoms with Crippen molar-refractivity contribution in [2.24, 2.45) is 5.41 Å². The van der Waals surface area contributed by atoms with E-state index < -0.39 is 69.4 Å². The van der Waals surface area contributed by atoms with Gasteiger partial charge in [0.25, 0.3) is 0 Å². The third-order valence-electron chi connectivity index (χ3n) is 13.3. The van der Waals surface area contributed by atoms with Crippen LogP contribution in [0.3, 0.4) is 0 Å². The average molecular weight is 1050 g/mol. The Morgan fingerprint density at radius 3 is 2.32 bits per heavy atom. The molecular weight excluding hydrogens is 972 g/mol. The summed E-state index contributed by atoms with van der Waals surface area (Å²) in [6.07, 6.45) is 4.74. The molecule has 3 rings (SSSR count). The molecule has 2 aliphatic rings. The summed E-state index contributed by atoms with van der Waals surface area (Å²) in [6, 6.07) is 2.57. The first kappa shape index (κ1) is 61.9. The number of carbonyl (C=O) groups is 6. The van der Waals surface area contributed by atoms with Gasteiger partial charge in [-0.15, -0.1) is 11.8 Å². The van der Waals surface area contributed by atoms with E-state index in [1.807, 2.05) is 61.5 Å². The SMILES string of the molecule is CCC1CC(O)(C(C=CC=C(C)Cc2cc(OC)c(Cl)c(N(C)C(=O)CC(OC(=O)C(C)N(C)C(=O)CCC(C)(C)SCC(=O)NCCC(C)(C)OCCC(C)(C)C(=O)OC)C3(C)CO3)c2)OC)NC(=O)O1. The van der Waals surface area contributed by atoms with E-state index in [1.54, 1.807) is 45.2 Å². The lowest BCUT2D eigenvalue weighted by atomic mass is 9.90. The van der Waals surface area contributed by atoms with Gasteiger partial charge in [-0.25, -0.2) is 9.59 Å². The fraction of sp³-hybridized carbons (Fsp3) is 0.692. The molecule has 0 aliphatic carbocycles. The lowest BCUT2D eigenvalue weighted by Gasteiger charge is -2.40. The topological polar surface area (TPSA) is 221 Å². The third-order valence-corrected chi connectivity index (χ3v) is 15.0. The zero-order chi connectivity index (χ0) is 54.4. The number of rotatable bonds is 29. The zero-order valence-electron chi connectivity index (χ0n) is 45.1. The van der Waals surface area contributed by atoms with E-state index in [0.29, 0.717) is 56.7 Å². The van der Waals surface area contributed by atoms with E-state index in [-0.39, 0.29) is 54.4 Å². The summed E-state index contributed by atoms with van der Waals surface area (Å²) in [7, 11) is 7.38. The molecule has 2 saturated heterocycles. The van der Waals surface area contributed by atoms with Crippen LogP contribution in [-0.4, -0.2) is 153 Å². The van der Waals surface area contributed by atoms with Crippen LogP contribution in [0.4, 0.5) is 10.5 Å². The maximum Gasteiger partial charge on any atom is 0.409 e. The van der Waals surface area contributed by atoms with Crippen LogP contribution in [0, 0.1) is 5.41 Å². The fourth-order valence-electron chi connectivity index (χ4n) is 7.71. The van der Waals surface area contributed by atoms with Crippen molar-refractivity contribution >= 4 is 64.8 Å². The number of carbonyl (C=O) groups excluding carboxylic acids is 6. The number of hydrogen-bond donors (Lipinski definition) is 3. The smallest absolute Gasteiger partial charge is 0.409 e. The number of epoxide rings is 1. The number of nitrogens with one attached hydrogen (secondary N) is 2. The molecule has 1 aromatic rings. The zero-order valence-corrected chi connectivity index (χ0v) is 46.7. The Labute approximate surface area is 435 Å². The summed E-state index contributed by atoms with van der Waals surface area (Å²) >= 11 is 8.22. The minimum Gasteiger partial charge on any atom is -0.495 e. The Kier molecular flexibility index (Phi) is 23.0. The number of methoxy groups -OCH3 is 3. The van der Waals surface area contributed by atoms with Gasteiger partial charge in [0.1, 0.15) is 40.7 Å². The highest BCUT2D eigenvalue weighted by atomic mass is 35.5. The number of halogens is 1. The van der Waals surface area contributed by atoms with E-state index in [2.05, 4.69) is 10.6 Å². The van der Waals surface area contributed by atoms with Gasteiger partial charge in [0.2, 0.25) is 17.7 Å². The predicted octanol–water partition coefficient (Wildman–Crippen LogP) is 7.09. The van der Waals surface area contributed by atoms with Crippen LogP contribution in [0.2, 0.25) is 5.02 Å². The van der Waals surface area contributed by atoms with E-state index in [9.17, 15) is 33.9 Å². The molecule has 0 radical (unpaired) electrons. The third kappa shape index (κ3) is 18.5. The summed E-state index contributed by atoms with van der Waals surface area (Å²) < 4.78 is 38.4. The van der Waals surface area contributed by atoms with Gasteiger partial charge in [0, 0.05) is 51.9 Å². The van der Waals surface area contributed by atoms with E-state index >= 15 is 0 Å². The number of aliphatic hydroxyl groups is 1. The molecular formula is C52H81ClN4O14S. The Morgan fingerprint density at radius 1 is 1.06 bits per heavy atom.